The lowest BCUT2D eigenvalue weighted by atomic mass is 9.89. The Morgan fingerprint density at radius 1 is 1.25 bits per heavy atom. The largest absolute Gasteiger partial charge is 0.389 e. The molecule has 132 valence electrons. The predicted octanol–water partition coefficient (Wildman–Crippen LogP) is 2.94. The zero-order valence-electron chi connectivity index (χ0n) is 15.0. The van der Waals surface area contributed by atoms with Gasteiger partial charge < -0.3 is 15.2 Å². The average Bonchev–Trinajstić information content (AvgIpc) is 3.02. The van der Waals surface area contributed by atoms with Crippen molar-refractivity contribution in [3.8, 4) is 0 Å². The van der Waals surface area contributed by atoms with E-state index in [4.69, 9.17) is 4.74 Å². The molecular formula is C19H29N3O2. The first-order valence-electron chi connectivity index (χ1n) is 8.46. The smallest absolute Gasteiger partial charge is 0.0898 e. The zero-order chi connectivity index (χ0) is 17.6. The molecule has 0 saturated carbocycles. The lowest BCUT2D eigenvalue weighted by Crippen LogP contribution is -2.31. The van der Waals surface area contributed by atoms with E-state index in [1.165, 1.54) is 0 Å². The number of H-pyrrole nitrogens is 1. The molecule has 2 rings (SSSR count). The number of nitrogens with one attached hydrogen (secondary N) is 2. The molecule has 0 saturated heterocycles. The Balaban J connectivity index is 1.72. The summed E-state index contributed by atoms with van der Waals surface area (Å²) in [6, 6.07) is 10.0. The van der Waals surface area contributed by atoms with Gasteiger partial charge in [-0.15, -0.1) is 0 Å². The van der Waals surface area contributed by atoms with E-state index in [-0.39, 0.29) is 11.5 Å². The fourth-order valence-electron chi connectivity index (χ4n) is 2.60. The lowest BCUT2D eigenvalue weighted by molar-refractivity contribution is -0.00213. The summed E-state index contributed by atoms with van der Waals surface area (Å²) in [6.07, 6.45) is 1.27. The maximum Gasteiger partial charge on any atom is 0.0898 e. The monoisotopic (exact) mass is 331 g/mol. The van der Waals surface area contributed by atoms with Gasteiger partial charge in [0.05, 0.1) is 25.0 Å². The van der Waals surface area contributed by atoms with Crippen LogP contribution in [0, 0.1) is 0 Å². The zero-order valence-corrected chi connectivity index (χ0v) is 15.0. The van der Waals surface area contributed by atoms with E-state index in [9.17, 15) is 5.11 Å². The molecule has 1 aromatic heterocycles. The highest BCUT2D eigenvalue weighted by Gasteiger charge is 2.19. The standard InChI is InChI=1S/C19H29N3O2/c1-14(15-8-6-5-7-9-15)24-13-17(23)12-20-10-16-11-21-22-18(16)19(2,3)4/h5-9,11,14,17,20,23H,10,12-13H2,1-4H3,(H,21,22)/t14-,17+/m0/s1. The van der Waals surface area contributed by atoms with Gasteiger partial charge in [-0.3, -0.25) is 5.10 Å². The maximum atomic E-state index is 10.1. The molecule has 0 aliphatic heterocycles. The number of rotatable bonds is 8. The Hall–Kier alpha value is -1.69. The molecule has 5 heteroatoms. The first kappa shape index (κ1) is 18.6. The van der Waals surface area contributed by atoms with E-state index in [0.29, 0.717) is 19.7 Å². The second-order valence-corrected chi connectivity index (χ2v) is 7.19. The second kappa shape index (κ2) is 8.42. The van der Waals surface area contributed by atoms with Gasteiger partial charge in [0.2, 0.25) is 0 Å². The molecule has 2 aromatic rings. The molecule has 0 aliphatic rings. The number of aromatic nitrogens is 2. The highest BCUT2D eigenvalue weighted by atomic mass is 16.5. The number of aliphatic hydroxyl groups is 1. The van der Waals surface area contributed by atoms with Gasteiger partial charge in [-0.2, -0.15) is 5.10 Å². The van der Waals surface area contributed by atoms with Crippen molar-refractivity contribution < 1.29 is 9.84 Å². The highest BCUT2D eigenvalue weighted by molar-refractivity contribution is 5.23. The van der Waals surface area contributed by atoms with Crippen LogP contribution in [-0.4, -0.2) is 34.6 Å². The van der Waals surface area contributed by atoms with Crippen LogP contribution in [0.4, 0.5) is 0 Å². The number of hydrogen-bond acceptors (Lipinski definition) is 4. The average molecular weight is 331 g/mol. The topological polar surface area (TPSA) is 70.2 Å². The molecule has 24 heavy (non-hydrogen) atoms. The number of nitrogens with zero attached hydrogens (tertiary/aromatic N) is 1. The highest BCUT2D eigenvalue weighted by Crippen LogP contribution is 2.23. The first-order chi connectivity index (χ1) is 11.4. The van der Waals surface area contributed by atoms with Crippen LogP contribution in [0.1, 0.15) is 50.6 Å². The number of hydrogen-bond donors (Lipinski definition) is 3. The number of aliphatic hydroxyl groups excluding tert-OH is 1. The molecule has 5 nitrogen and oxygen atoms in total. The van der Waals surface area contributed by atoms with Crippen LogP contribution in [0.2, 0.25) is 0 Å². The molecule has 1 aromatic carbocycles. The fourth-order valence-corrected chi connectivity index (χ4v) is 2.60. The summed E-state index contributed by atoms with van der Waals surface area (Å²) in [5.74, 6) is 0. The molecule has 0 spiro atoms. The summed E-state index contributed by atoms with van der Waals surface area (Å²) in [5.41, 5.74) is 3.40. The lowest BCUT2D eigenvalue weighted by Gasteiger charge is -2.19. The molecule has 0 unspecified atom stereocenters. The summed E-state index contributed by atoms with van der Waals surface area (Å²) in [5, 5.41) is 20.6. The summed E-state index contributed by atoms with van der Waals surface area (Å²) >= 11 is 0. The number of ether oxygens (including phenoxy) is 1. The van der Waals surface area contributed by atoms with Crippen molar-refractivity contribution in [1.82, 2.24) is 15.5 Å². The van der Waals surface area contributed by atoms with Crippen LogP contribution in [0.5, 0.6) is 0 Å². The van der Waals surface area contributed by atoms with Crippen molar-refractivity contribution in [2.24, 2.45) is 0 Å². The van der Waals surface area contributed by atoms with E-state index in [2.05, 4.69) is 36.3 Å². The van der Waals surface area contributed by atoms with Crippen molar-refractivity contribution in [3.63, 3.8) is 0 Å². The predicted molar refractivity (Wildman–Crippen MR) is 95.8 cm³/mol. The Labute approximate surface area is 144 Å². The molecule has 0 radical (unpaired) electrons. The van der Waals surface area contributed by atoms with Gasteiger partial charge in [0, 0.05) is 29.8 Å². The van der Waals surface area contributed by atoms with Gasteiger partial charge >= 0.3 is 0 Å². The molecule has 0 amide bonds. The van der Waals surface area contributed by atoms with Gasteiger partial charge in [-0.05, 0) is 12.5 Å². The Morgan fingerprint density at radius 2 is 1.96 bits per heavy atom. The van der Waals surface area contributed by atoms with Crippen molar-refractivity contribution >= 4 is 0 Å². The van der Waals surface area contributed by atoms with Crippen LogP contribution in [0.3, 0.4) is 0 Å². The third-order valence-electron chi connectivity index (χ3n) is 3.97. The molecule has 0 fully saturated rings. The Bertz CT molecular complexity index is 605. The normalized spacial score (nSPS) is 14.5. The van der Waals surface area contributed by atoms with Crippen molar-refractivity contribution in [3.05, 3.63) is 53.3 Å². The molecule has 0 aliphatic carbocycles. The summed E-state index contributed by atoms with van der Waals surface area (Å²) < 4.78 is 5.75. The Morgan fingerprint density at radius 3 is 2.62 bits per heavy atom. The van der Waals surface area contributed by atoms with Crippen LogP contribution in [0.15, 0.2) is 36.5 Å². The van der Waals surface area contributed by atoms with Crippen LogP contribution >= 0.6 is 0 Å². The minimum absolute atomic E-state index is 0.0257. The summed E-state index contributed by atoms with van der Waals surface area (Å²) in [6.45, 7) is 9.91. The molecule has 0 bridgehead atoms. The number of aromatic amines is 1. The van der Waals surface area contributed by atoms with E-state index in [1.54, 1.807) is 0 Å². The van der Waals surface area contributed by atoms with Gasteiger partial charge in [-0.25, -0.2) is 0 Å². The SMILES string of the molecule is C[C@H](OC[C@H](O)CNCc1cn[nH]c1C(C)(C)C)c1ccccc1. The molecule has 2 atom stereocenters. The molecular weight excluding hydrogens is 302 g/mol. The minimum Gasteiger partial charge on any atom is -0.389 e. The third kappa shape index (κ3) is 5.44. The number of benzene rings is 1. The first-order valence-corrected chi connectivity index (χ1v) is 8.46. The van der Waals surface area contributed by atoms with E-state index in [0.717, 1.165) is 16.8 Å². The van der Waals surface area contributed by atoms with Crippen LogP contribution in [-0.2, 0) is 16.7 Å². The molecule has 3 N–H and O–H groups in total. The third-order valence-corrected chi connectivity index (χ3v) is 3.97. The van der Waals surface area contributed by atoms with Crippen LogP contribution < -0.4 is 5.32 Å². The maximum absolute atomic E-state index is 10.1. The fraction of sp³-hybridized carbons (Fsp3) is 0.526. The van der Waals surface area contributed by atoms with E-state index < -0.39 is 6.10 Å². The van der Waals surface area contributed by atoms with Gasteiger partial charge in [0.25, 0.3) is 0 Å². The minimum atomic E-state index is -0.541. The van der Waals surface area contributed by atoms with Gasteiger partial charge in [0.15, 0.2) is 0 Å². The Kier molecular flexibility index (Phi) is 6.54. The van der Waals surface area contributed by atoms with Gasteiger partial charge in [0.1, 0.15) is 0 Å². The van der Waals surface area contributed by atoms with E-state index in [1.807, 2.05) is 43.5 Å². The second-order valence-electron chi connectivity index (χ2n) is 7.19. The van der Waals surface area contributed by atoms with E-state index >= 15 is 0 Å². The quantitative estimate of drug-likeness (QED) is 0.695. The van der Waals surface area contributed by atoms with Gasteiger partial charge in [-0.1, -0.05) is 51.1 Å². The van der Waals surface area contributed by atoms with Crippen molar-refractivity contribution in [2.75, 3.05) is 13.2 Å². The van der Waals surface area contributed by atoms with Crippen molar-refractivity contribution in [2.45, 2.75) is 51.9 Å². The summed E-state index contributed by atoms with van der Waals surface area (Å²) in [4.78, 5) is 0. The summed E-state index contributed by atoms with van der Waals surface area (Å²) in [7, 11) is 0. The molecule has 1 heterocycles. The van der Waals surface area contributed by atoms with Crippen LogP contribution in [0.25, 0.3) is 0 Å². The van der Waals surface area contributed by atoms with Crippen molar-refractivity contribution in [1.29, 1.82) is 0 Å².